The highest BCUT2D eigenvalue weighted by atomic mass is 15.2. The summed E-state index contributed by atoms with van der Waals surface area (Å²) in [6, 6.07) is 9.25. The molecule has 1 aliphatic heterocycles. The second-order valence-corrected chi connectivity index (χ2v) is 5.35. The van der Waals surface area contributed by atoms with E-state index in [2.05, 4.69) is 48.0 Å². The molecule has 1 aromatic heterocycles. The summed E-state index contributed by atoms with van der Waals surface area (Å²) in [7, 11) is 0. The number of fused-ring (bicyclic) bond motifs is 1. The summed E-state index contributed by atoms with van der Waals surface area (Å²) in [5.41, 5.74) is 4.17. The van der Waals surface area contributed by atoms with Gasteiger partial charge in [0, 0.05) is 16.6 Å². The van der Waals surface area contributed by atoms with Crippen molar-refractivity contribution >= 4 is 10.9 Å². The molecule has 0 radical (unpaired) electrons. The lowest BCUT2D eigenvalue weighted by atomic mass is 9.97. The van der Waals surface area contributed by atoms with Crippen LogP contribution in [0.1, 0.15) is 43.5 Å². The van der Waals surface area contributed by atoms with Crippen molar-refractivity contribution in [3.05, 3.63) is 35.5 Å². The lowest BCUT2D eigenvalue weighted by Crippen LogP contribution is -2.33. The largest absolute Gasteiger partial charge is 0.357 e. The van der Waals surface area contributed by atoms with Gasteiger partial charge >= 0.3 is 0 Å². The van der Waals surface area contributed by atoms with Crippen LogP contribution in [0.4, 0.5) is 0 Å². The molecule has 1 aromatic carbocycles. The van der Waals surface area contributed by atoms with E-state index in [-0.39, 0.29) is 0 Å². The van der Waals surface area contributed by atoms with Crippen molar-refractivity contribution in [3.8, 4) is 0 Å². The Morgan fingerprint density at radius 3 is 2.89 bits per heavy atom. The molecule has 2 aromatic rings. The highest BCUT2D eigenvalue weighted by Gasteiger charge is 2.25. The molecular formula is C16H22N2. The van der Waals surface area contributed by atoms with Gasteiger partial charge in [-0.1, -0.05) is 31.5 Å². The zero-order valence-corrected chi connectivity index (χ0v) is 11.4. The topological polar surface area (TPSA) is 19.0 Å². The maximum Gasteiger partial charge on any atom is 0.0501 e. The van der Waals surface area contributed by atoms with Gasteiger partial charge in [-0.2, -0.15) is 0 Å². The highest BCUT2D eigenvalue weighted by Crippen LogP contribution is 2.34. The number of likely N-dealkylation sites (tertiary alicyclic amines) is 1. The normalized spacial score (nSPS) is 21.6. The first-order chi connectivity index (χ1) is 8.81. The molecule has 18 heavy (non-hydrogen) atoms. The number of hydrogen-bond donors (Lipinski definition) is 1. The van der Waals surface area contributed by atoms with Crippen LogP contribution < -0.4 is 0 Å². The average Bonchev–Trinajstić information content (AvgIpc) is 2.76. The zero-order chi connectivity index (χ0) is 12.5. The Balaban J connectivity index is 2.04. The van der Waals surface area contributed by atoms with Crippen LogP contribution in [0.5, 0.6) is 0 Å². The van der Waals surface area contributed by atoms with E-state index in [0.717, 1.165) is 6.54 Å². The number of nitrogens with one attached hydrogen (secondary N) is 1. The summed E-state index contributed by atoms with van der Waals surface area (Å²) in [5.74, 6) is 0. The van der Waals surface area contributed by atoms with Gasteiger partial charge in [-0.25, -0.2) is 0 Å². The zero-order valence-electron chi connectivity index (χ0n) is 11.4. The Morgan fingerprint density at radius 2 is 2.11 bits per heavy atom. The second-order valence-electron chi connectivity index (χ2n) is 5.35. The van der Waals surface area contributed by atoms with Crippen LogP contribution in [0, 0.1) is 6.92 Å². The maximum absolute atomic E-state index is 3.66. The van der Waals surface area contributed by atoms with Crippen LogP contribution in [-0.4, -0.2) is 23.0 Å². The minimum atomic E-state index is 0.594. The molecule has 1 saturated heterocycles. The minimum Gasteiger partial charge on any atom is -0.357 e. The van der Waals surface area contributed by atoms with E-state index >= 15 is 0 Å². The molecule has 2 heteroatoms. The van der Waals surface area contributed by atoms with Crippen LogP contribution in [0.25, 0.3) is 10.9 Å². The van der Waals surface area contributed by atoms with E-state index in [1.165, 1.54) is 48.0 Å². The van der Waals surface area contributed by atoms with Gasteiger partial charge in [0.2, 0.25) is 0 Å². The summed E-state index contributed by atoms with van der Waals surface area (Å²) in [6.45, 7) is 6.93. The molecule has 0 bridgehead atoms. The molecule has 2 nitrogen and oxygen atoms in total. The van der Waals surface area contributed by atoms with Gasteiger partial charge in [-0.05, 0) is 44.5 Å². The van der Waals surface area contributed by atoms with E-state index in [0.29, 0.717) is 6.04 Å². The molecule has 1 N–H and O–H groups in total. The summed E-state index contributed by atoms with van der Waals surface area (Å²) in [4.78, 5) is 6.27. The van der Waals surface area contributed by atoms with Crippen LogP contribution in [-0.2, 0) is 0 Å². The predicted molar refractivity (Wildman–Crippen MR) is 76.9 cm³/mol. The fourth-order valence-corrected chi connectivity index (χ4v) is 3.33. The summed E-state index contributed by atoms with van der Waals surface area (Å²) >= 11 is 0. The molecule has 1 atom stereocenters. The Labute approximate surface area is 109 Å². The summed E-state index contributed by atoms with van der Waals surface area (Å²) < 4.78 is 0. The van der Waals surface area contributed by atoms with Crippen LogP contribution in [0.15, 0.2) is 24.3 Å². The first-order valence-electron chi connectivity index (χ1n) is 7.12. The number of nitrogens with zero attached hydrogens (tertiary/aromatic N) is 1. The van der Waals surface area contributed by atoms with Gasteiger partial charge < -0.3 is 4.98 Å². The number of benzene rings is 1. The lowest BCUT2D eigenvalue weighted by Gasteiger charge is -2.34. The SMILES string of the molecule is CCN1CCCCC1c1[nH]c2ccccc2c1C. The van der Waals surface area contributed by atoms with Gasteiger partial charge in [0.25, 0.3) is 0 Å². The van der Waals surface area contributed by atoms with Crippen molar-refractivity contribution in [2.45, 2.75) is 39.2 Å². The third kappa shape index (κ3) is 1.85. The fourth-order valence-electron chi connectivity index (χ4n) is 3.33. The van der Waals surface area contributed by atoms with Crippen molar-refractivity contribution < 1.29 is 0 Å². The smallest absolute Gasteiger partial charge is 0.0501 e. The van der Waals surface area contributed by atoms with E-state index in [1.54, 1.807) is 0 Å². The number of H-pyrrole nitrogens is 1. The van der Waals surface area contributed by atoms with Gasteiger partial charge in [0.15, 0.2) is 0 Å². The Kier molecular flexibility index (Phi) is 3.13. The molecule has 0 spiro atoms. The van der Waals surface area contributed by atoms with Gasteiger partial charge in [-0.15, -0.1) is 0 Å². The first kappa shape index (κ1) is 11.8. The number of aromatic amines is 1. The van der Waals surface area contributed by atoms with E-state index < -0.39 is 0 Å². The molecule has 0 aliphatic carbocycles. The second kappa shape index (κ2) is 4.77. The minimum absolute atomic E-state index is 0.594. The molecule has 0 saturated carbocycles. The number of rotatable bonds is 2. The van der Waals surface area contributed by atoms with Crippen LogP contribution >= 0.6 is 0 Å². The fraction of sp³-hybridized carbons (Fsp3) is 0.500. The number of hydrogen-bond acceptors (Lipinski definition) is 1. The number of piperidine rings is 1. The molecular weight excluding hydrogens is 220 g/mol. The highest BCUT2D eigenvalue weighted by molar-refractivity contribution is 5.84. The van der Waals surface area contributed by atoms with Gasteiger partial charge in [0.05, 0.1) is 6.04 Å². The van der Waals surface area contributed by atoms with Crippen molar-refractivity contribution in [2.75, 3.05) is 13.1 Å². The van der Waals surface area contributed by atoms with E-state index in [9.17, 15) is 0 Å². The third-order valence-corrected chi connectivity index (χ3v) is 4.36. The summed E-state index contributed by atoms with van der Waals surface area (Å²) in [6.07, 6.45) is 4.00. The number of para-hydroxylation sites is 1. The Bertz CT molecular complexity index is 541. The molecule has 2 heterocycles. The Hall–Kier alpha value is -1.28. The van der Waals surface area contributed by atoms with Crippen LogP contribution in [0.3, 0.4) is 0 Å². The van der Waals surface area contributed by atoms with Gasteiger partial charge in [-0.3, -0.25) is 4.90 Å². The van der Waals surface area contributed by atoms with Crippen molar-refractivity contribution in [3.63, 3.8) is 0 Å². The van der Waals surface area contributed by atoms with E-state index in [4.69, 9.17) is 0 Å². The van der Waals surface area contributed by atoms with E-state index in [1.807, 2.05) is 0 Å². The molecule has 1 aliphatic rings. The average molecular weight is 242 g/mol. The van der Waals surface area contributed by atoms with Crippen molar-refractivity contribution in [1.29, 1.82) is 0 Å². The van der Waals surface area contributed by atoms with Gasteiger partial charge in [0.1, 0.15) is 0 Å². The first-order valence-corrected chi connectivity index (χ1v) is 7.12. The van der Waals surface area contributed by atoms with Crippen molar-refractivity contribution in [1.82, 2.24) is 9.88 Å². The number of aromatic nitrogens is 1. The molecule has 3 rings (SSSR count). The standard InChI is InChI=1S/C16H22N2/c1-3-18-11-7-6-10-15(18)16-12(2)13-8-4-5-9-14(13)17-16/h4-5,8-9,15,17H,3,6-7,10-11H2,1-2H3. The van der Waals surface area contributed by atoms with Crippen LogP contribution in [0.2, 0.25) is 0 Å². The molecule has 96 valence electrons. The quantitative estimate of drug-likeness (QED) is 0.842. The monoisotopic (exact) mass is 242 g/mol. The predicted octanol–water partition coefficient (Wildman–Crippen LogP) is 4.02. The molecule has 0 amide bonds. The lowest BCUT2D eigenvalue weighted by molar-refractivity contribution is 0.154. The maximum atomic E-state index is 3.66. The van der Waals surface area contributed by atoms with Crippen molar-refractivity contribution in [2.24, 2.45) is 0 Å². The molecule has 1 unspecified atom stereocenters. The number of aryl methyl sites for hydroxylation is 1. The molecule has 1 fully saturated rings. The third-order valence-electron chi connectivity index (χ3n) is 4.36. The summed E-state index contributed by atoms with van der Waals surface area (Å²) in [5, 5.41) is 1.38. The Morgan fingerprint density at radius 1 is 1.28 bits per heavy atom.